The maximum atomic E-state index is 13.6. The normalized spacial score (nSPS) is 11.5. The second-order valence-electron chi connectivity index (χ2n) is 8.58. The third kappa shape index (κ3) is 7.64. The molecule has 0 spiro atoms. The van der Waals surface area contributed by atoms with Gasteiger partial charge < -0.3 is 15.4 Å². The quantitative estimate of drug-likeness (QED) is 0.279. The van der Waals surface area contributed by atoms with Gasteiger partial charge in [0.1, 0.15) is 17.1 Å². The molecule has 2 aromatic carbocycles. The number of nitrogens with one attached hydrogen (secondary N) is 2. The van der Waals surface area contributed by atoms with Crippen molar-refractivity contribution in [3.63, 3.8) is 0 Å². The van der Waals surface area contributed by atoms with Crippen LogP contribution in [0.1, 0.15) is 51.2 Å². The Morgan fingerprint density at radius 2 is 1.56 bits per heavy atom. The highest BCUT2D eigenvalue weighted by Crippen LogP contribution is 2.35. The Balaban J connectivity index is 1.74. The highest BCUT2D eigenvalue weighted by atomic mass is 19.4. The third-order valence-corrected chi connectivity index (χ3v) is 5.08. The summed E-state index contributed by atoms with van der Waals surface area (Å²) in [5.41, 5.74) is 1.41. The molecule has 0 radical (unpaired) electrons. The number of rotatable bonds is 11. The fourth-order valence-electron chi connectivity index (χ4n) is 3.38. The van der Waals surface area contributed by atoms with E-state index in [1.54, 1.807) is 24.3 Å². The molecule has 8 heteroatoms. The molecule has 0 saturated heterocycles. The van der Waals surface area contributed by atoms with Crippen LogP contribution in [0.2, 0.25) is 0 Å². The molecular weight excluding hydrogens is 441 g/mol. The van der Waals surface area contributed by atoms with Gasteiger partial charge in [0.05, 0.1) is 6.61 Å². The number of hydrogen-bond donors (Lipinski definition) is 2. The van der Waals surface area contributed by atoms with Crippen LogP contribution in [0.3, 0.4) is 0 Å². The number of halogens is 3. The van der Waals surface area contributed by atoms with Gasteiger partial charge in [-0.1, -0.05) is 45.7 Å². The van der Waals surface area contributed by atoms with Crippen LogP contribution in [0.25, 0.3) is 0 Å². The lowest BCUT2D eigenvalue weighted by Crippen LogP contribution is -2.12. The second kappa shape index (κ2) is 11.7. The molecule has 182 valence electrons. The van der Waals surface area contributed by atoms with Gasteiger partial charge >= 0.3 is 6.18 Å². The molecule has 34 heavy (non-hydrogen) atoms. The van der Waals surface area contributed by atoms with E-state index < -0.39 is 11.7 Å². The molecular formula is C26H31F3N4O. The second-order valence-corrected chi connectivity index (χ2v) is 8.58. The van der Waals surface area contributed by atoms with Crippen molar-refractivity contribution in [1.82, 2.24) is 9.97 Å². The van der Waals surface area contributed by atoms with E-state index in [2.05, 4.69) is 41.4 Å². The summed E-state index contributed by atoms with van der Waals surface area (Å²) in [4.78, 5) is 7.98. The van der Waals surface area contributed by atoms with Crippen molar-refractivity contribution in [3.8, 4) is 5.75 Å². The van der Waals surface area contributed by atoms with Crippen LogP contribution in [0.15, 0.2) is 54.7 Å². The molecule has 2 N–H and O–H groups in total. The fraction of sp³-hybridized carbons (Fsp3) is 0.385. The number of benzene rings is 2. The predicted molar refractivity (Wildman–Crippen MR) is 130 cm³/mol. The smallest absolute Gasteiger partial charge is 0.421 e. The largest absolute Gasteiger partial charge is 0.494 e. The Morgan fingerprint density at radius 3 is 2.18 bits per heavy atom. The highest BCUT2D eigenvalue weighted by Gasteiger charge is 2.35. The van der Waals surface area contributed by atoms with Crippen LogP contribution in [-0.2, 0) is 12.6 Å². The molecule has 1 heterocycles. The molecule has 5 nitrogen and oxygen atoms in total. The summed E-state index contributed by atoms with van der Waals surface area (Å²) >= 11 is 0. The summed E-state index contributed by atoms with van der Waals surface area (Å²) in [6, 6.07) is 14.5. The first-order valence-corrected chi connectivity index (χ1v) is 11.5. The first-order valence-electron chi connectivity index (χ1n) is 11.5. The van der Waals surface area contributed by atoms with E-state index in [4.69, 9.17) is 4.74 Å². The lowest BCUT2D eigenvalue weighted by molar-refractivity contribution is -0.137. The minimum absolute atomic E-state index is 0.0722. The Morgan fingerprint density at radius 1 is 0.912 bits per heavy atom. The molecule has 0 aliphatic carbocycles. The summed E-state index contributed by atoms with van der Waals surface area (Å²) in [5.74, 6) is 0.956. The van der Waals surface area contributed by atoms with Crippen molar-refractivity contribution >= 4 is 23.1 Å². The minimum atomic E-state index is -4.60. The van der Waals surface area contributed by atoms with Crippen molar-refractivity contribution in [3.05, 3.63) is 65.9 Å². The predicted octanol–water partition coefficient (Wildman–Crippen LogP) is 7.75. The molecule has 0 saturated carbocycles. The lowest BCUT2D eigenvalue weighted by atomic mass is 10.0. The summed E-state index contributed by atoms with van der Waals surface area (Å²) in [7, 11) is 0. The number of unbranched alkanes of at least 4 members (excludes halogenated alkanes) is 2. The average molecular weight is 473 g/mol. The van der Waals surface area contributed by atoms with E-state index in [0.29, 0.717) is 29.6 Å². The van der Waals surface area contributed by atoms with Crippen LogP contribution in [0.4, 0.5) is 36.3 Å². The van der Waals surface area contributed by atoms with Crippen molar-refractivity contribution < 1.29 is 17.9 Å². The molecule has 3 rings (SSSR count). The number of aromatic nitrogens is 2. The summed E-state index contributed by atoms with van der Waals surface area (Å²) in [6.45, 7) is 7.02. The molecule has 0 atom stereocenters. The van der Waals surface area contributed by atoms with Gasteiger partial charge in [-0.2, -0.15) is 18.2 Å². The topological polar surface area (TPSA) is 59.1 Å². The Kier molecular flexibility index (Phi) is 8.73. The highest BCUT2D eigenvalue weighted by molar-refractivity contribution is 5.63. The third-order valence-electron chi connectivity index (χ3n) is 5.08. The number of hydrogen-bond acceptors (Lipinski definition) is 5. The number of ether oxygens (including phenoxy) is 1. The van der Waals surface area contributed by atoms with Crippen LogP contribution in [-0.4, -0.2) is 16.6 Å². The van der Waals surface area contributed by atoms with Crippen molar-refractivity contribution in [2.75, 3.05) is 17.2 Å². The monoisotopic (exact) mass is 472 g/mol. The zero-order valence-corrected chi connectivity index (χ0v) is 19.7. The van der Waals surface area contributed by atoms with Crippen molar-refractivity contribution in [1.29, 1.82) is 0 Å². The molecule has 0 fully saturated rings. The van der Waals surface area contributed by atoms with Crippen LogP contribution < -0.4 is 15.4 Å². The first kappa shape index (κ1) is 25.3. The van der Waals surface area contributed by atoms with Gasteiger partial charge in [-0.05, 0) is 60.7 Å². The Hall–Kier alpha value is -3.29. The average Bonchev–Trinajstić information content (AvgIpc) is 2.78. The zero-order valence-electron chi connectivity index (χ0n) is 19.7. The maximum Gasteiger partial charge on any atom is 0.421 e. The van der Waals surface area contributed by atoms with E-state index in [9.17, 15) is 13.2 Å². The fourth-order valence-corrected chi connectivity index (χ4v) is 3.38. The summed E-state index contributed by atoms with van der Waals surface area (Å²) < 4.78 is 46.4. The molecule has 0 unspecified atom stereocenters. The molecule has 0 bridgehead atoms. The van der Waals surface area contributed by atoms with Crippen LogP contribution in [0.5, 0.6) is 5.75 Å². The van der Waals surface area contributed by atoms with Gasteiger partial charge in [-0.25, -0.2) is 4.98 Å². The first-order chi connectivity index (χ1) is 16.2. The van der Waals surface area contributed by atoms with Crippen molar-refractivity contribution in [2.24, 2.45) is 5.92 Å². The SMILES string of the molecule is CCCCCOc1ccc(Nc2nc(Nc3ccc(CC(C)C)cc3)ncc2C(F)(F)F)cc1. The standard InChI is InChI=1S/C26H31F3N4O/c1-4-5-6-15-34-22-13-11-20(12-14-22)31-24-23(26(27,28)29)17-30-25(33-24)32-21-9-7-19(8-10-21)16-18(2)3/h7-14,17-18H,4-6,15-16H2,1-3H3,(H2,30,31,32,33). The van der Waals surface area contributed by atoms with E-state index in [0.717, 1.165) is 31.9 Å². The molecule has 0 amide bonds. The van der Waals surface area contributed by atoms with E-state index >= 15 is 0 Å². The zero-order chi connectivity index (χ0) is 24.6. The van der Waals surface area contributed by atoms with Gasteiger partial charge in [0.25, 0.3) is 0 Å². The minimum Gasteiger partial charge on any atom is -0.494 e. The number of nitrogens with zero attached hydrogens (tertiary/aromatic N) is 2. The Bertz CT molecular complexity index is 1040. The molecule has 3 aromatic rings. The lowest BCUT2D eigenvalue weighted by Gasteiger charge is -2.15. The summed E-state index contributed by atoms with van der Waals surface area (Å²) in [5, 5.41) is 5.76. The number of alkyl halides is 3. The molecule has 0 aliphatic rings. The summed E-state index contributed by atoms with van der Waals surface area (Å²) in [6.07, 6.45) is 0.299. The Labute approximate surface area is 198 Å². The van der Waals surface area contributed by atoms with Gasteiger partial charge in [0.2, 0.25) is 5.95 Å². The van der Waals surface area contributed by atoms with E-state index in [-0.39, 0.29) is 11.8 Å². The maximum absolute atomic E-state index is 13.6. The van der Waals surface area contributed by atoms with Crippen LogP contribution in [0, 0.1) is 5.92 Å². The number of anilines is 4. The van der Waals surface area contributed by atoms with Crippen LogP contribution >= 0.6 is 0 Å². The van der Waals surface area contributed by atoms with Gasteiger partial charge in [0, 0.05) is 17.6 Å². The van der Waals surface area contributed by atoms with E-state index in [1.807, 2.05) is 24.3 Å². The van der Waals surface area contributed by atoms with E-state index in [1.165, 1.54) is 5.56 Å². The molecule has 1 aromatic heterocycles. The van der Waals surface area contributed by atoms with Gasteiger partial charge in [0.15, 0.2) is 0 Å². The van der Waals surface area contributed by atoms with Gasteiger partial charge in [-0.3, -0.25) is 0 Å². The molecule has 0 aliphatic heterocycles. The van der Waals surface area contributed by atoms with Gasteiger partial charge in [-0.15, -0.1) is 0 Å². The van der Waals surface area contributed by atoms with Crippen molar-refractivity contribution in [2.45, 2.75) is 52.6 Å².